The Morgan fingerprint density at radius 2 is 1.71 bits per heavy atom. The van der Waals surface area contributed by atoms with Gasteiger partial charge in [-0.15, -0.1) is 0 Å². The molecule has 4 rings (SSSR count). The van der Waals surface area contributed by atoms with Crippen molar-refractivity contribution in [3.05, 3.63) is 77.9 Å². The molecule has 0 aliphatic carbocycles. The van der Waals surface area contributed by atoms with Crippen molar-refractivity contribution in [1.82, 2.24) is 5.32 Å². The highest BCUT2D eigenvalue weighted by molar-refractivity contribution is 7.92. The van der Waals surface area contributed by atoms with Crippen LogP contribution in [0.2, 0.25) is 0 Å². The van der Waals surface area contributed by atoms with Gasteiger partial charge in [-0.25, -0.2) is 8.42 Å². The van der Waals surface area contributed by atoms with E-state index in [1.54, 1.807) is 61.7 Å². The van der Waals surface area contributed by atoms with Crippen LogP contribution >= 0.6 is 0 Å². The summed E-state index contributed by atoms with van der Waals surface area (Å²) in [5.41, 5.74) is 1.57. The highest BCUT2D eigenvalue weighted by Gasteiger charge is 2.36. The predicted octanol–water partition coefficient (Wildman–Crippen LogP) is 5.02. The number of benzene rings is 3. The molecule has 3 aromatic carbocycles. The first kappa shape index (κ1) is 27.3. The third-order valence-electron chi connectivity index (χ3n) is 6.35. The molecule has 8 nitrogen and oxygen atoms in total. The van der Waals surface area contributed by atoms with Gasteiger partial charge in [0, 0.05) is 18.1 Å². The van der Waals surface area contributed by atoms with Crippen LogP contribution in [0.3, 0.4) is 0 Å². The molecule has 0 spiro atoms. The van der Waals surface area contributed by atoms with E-state index in [2.05, 4.69) is 5.32 Å². The average Bonchev–Trinajstić information content (AvgIpc) is 2.87. The van der Waals surface area contributed by atoms with Gasteiger partial charge in [0.1, 0.15) is 29.4 Å². The lowest BCUT2D eigenvalue weighted by Crippen LogP contribution is -2.45. The molecule has 0 bridgehead atoms. The van der Waals surface area contributed by atoms with E-state index in [0.29, 0.717) is 36.0 Å². The summed E-state index contributed by atoms with van der Waals surface area (Å²) in [6, 6.07) is 18.3. The van der Waals surface area contributed by atoms with E-state index < -0.39 is 28.1 Å². The number of hydrogen-bond donors (Lipinski definition) is 1. The minimum atomic E-state index is -4.03. The summed E-state index contributed by atoms with van der Waals surface area (Å²) >= 11 is 0. The summed E-state index contributed by atoms with van der Waals surface area (Å²) in [4.78, 5) is 13.5. The largest absolute Gasteiger partial charge is 0.497 e. The Hall–Kier alpha value is -3.72. The molecular weight excluding hydrogens is 504 g/mol. The van der Waals surface area contributed by atoms with Gasteiger partial charge in [-0.1, -0.05) is 17.7 Å². The Kier molecular flexibility index (Phi) is 7.87. The van der Waals surface area contributed by atoms with Crippen LogP contribution in [0.5, 0.6) is 17.2 Å². The maximum atomic E-state index is 13.7. The van der Waals surface area contributed by atoms with Crippen molar-refractivity contribution in [2.24, 2.45) is 0 Å². The van der Waals surface area contributed by atoms with E-state index >= 15 is 0 Å². The van der Waals surface area contributed by atoms with Crippen molar-refractivity contribution in [3.63, 3.8) is 0 Å². The maximum absolute atomic E-state index is 13.7. The standard InChI is InChI=1S/C29H34N2O6S/c1-6-36-22-11-9-21(10-12-22)31(38(33,34)24-14-7-20(2)8-15-24)19-28(32)30-26-18-29(3,4)37-27-17-23(35-5)13-16-25(26)27/h7-17,26H,6,18-19H2,1-5H3,(H,30,32). The molecular formula is C29H34N2O6S. The molecule has 0 aromatic heterocycles. The number of anilines is 1. The lowest BCUT2D eigenvalue weighted by atomic mass is 9.89. The van der Waals surface area contributed by atoms with Crippen LogP contribution in [-0.2, 0) is 14.8 Å². The first-order valence-electron chi connectivity index (χ1n) is 12.5. The van der Waals surface area contributed by atoms with Crippen molar-refractivity contribution in [3.8, 4) is 17.2 Å². The fourth-order valence-electron chi connectivity index (χ4n) is 4.49. The Labute approximate surface area is 224 Å². The molecule has 202 valence electrons. The Bertz CT molecular complexity index is 1390. The number of ether oxygens (including phenoxy) is 3. The predicted molar refractivity (Wildman–Crippen MR) is 147 cm³/mol. The molecule has 0 saturated carbocycles. The van der Waals surface area contributed by atoms with Gasteiger partial charge in [0.25, 0.3) is 10.0 Å². The zero-order chi connectivity index (χ0) is 27.5. The monoisotopic (exact) mass is 538 g/mol. The van der Waals surface area contributed by atoms with Crippen molar-refractivity contribution in [1.29, 1.82) is 0 Å². The number of carbonyl (C=O) groups is 1. The number of rotatable bonds is 9. The van der Waals surface area contributed by atoms with Crippen molar-refractivity contribution >= 4 is 21.6 Å². The number of carbonyl (C=O) groups excluding carboxylic acids is 1. The molecule has 0 radical (unpaired) electrons. The van der Waals surface area contributed by atoms with Crippen LogP contribution in [0.4, 0.5) is 5.69 Å². The Balaban J connectivity index is 1.64. The molecule has 1 N–H and O–H groups in total. The summed E-state index contributed by atoms with van der Waals surface area (Å²) in [5, 5.41) is 3.04. The number of nitrogens with one attached hydrogen (secondary N) is 1. The van der Waals surface area contributed by atoms with E-state index in [4.69, 9.17) is 14.2 Å². The Morgan fingerprint density at radius 1 is 1.05 bits per heavy atom. The molecule has 9 heteroatoms. The van der Waals surface area contributed by atoms with Crippen LogP contribution in [0, 0.1) is 6.92 Å². The molecule has 1 aliphatic rings. The number of amides is 1. The summed E-state index contributed by atoms with van der Waals surface area (Å²) < 4.78 is 45.6. The number of aryl methyl sites for hydroxylation is 1. The first-order valence-corrected chi connectivity index (χ1v) is 13.9. The van der Waals surface area contributed by atoms with E-state index in [1.165, 1.54) is 0 Å². The van der Waals surface area contributed by atoms with Gasteiger partial charge < -0.3 is 19.5 Å². The molecule has 3 aromatic rings. The van der Waals surface area contributed by atoms with E-state index in [0.717, 1.165) is 15.4 Å². The lowest BCUT2D eigenvalue weighted by molar-refractivity contribution is -0.120. The molecule has 1 atom stereocenters. The summed E-state index contributed by atoms with van der Waals surface area (Å²) in [6.07, 6.45) is 0.520. The summed E-state index contributed by atoms with van der Waals surface area (Å²) in [6.45, 7) is 7.75. The van der Waals surface area contributed by atoms with Gasteiger partial charge in [-0.2, -0.15) is 0 Å². The second kappa shape index (κ2) is 10.9. The zero-order valence-corrected chi connectivity index (χ0v) is 23.2. The van der Waals surface area contributed by atoms with E-state index in [-0.39, 0.29) is 10.9 Å². The van der Waals surface area contributed by atoms with Crippen molar-refractivity contribution in [2.45, 2.75) is 50.7 Å². The van der Waals surface area contributed by atoms with Crippen LogP contribution in [0.15, 0.2) is 71.6 Å². The fraction of sp³-hybridized carbons (Fsp3) is 0.345. The summed E-state index contributed by atoms with van der Waals surface area (Å²) in [7, 11) is -2.45. The van der Waals surface area contributed by atoms with Crippen molar-refractivity contribution in [2.75, 3.05) is 24.6 Å². The number of sulfonamides is 1. The van der Waals surface area contributed by atoms with Crippen LogP contribution < -0.4 is 23.8 Å². The van der Waals surface area contributed by atoms with Gasteiger partial charge in [-0.3, -0.25) is 9.10 Å². The number of hydrogen-bond acceptors (Lipinski definition) is 6. The maximum Gasteiger partial charge on any atom is 0.264 e. The lowest BCUT2D eigenvalue weighted by Gasteiger charge is -2.38. The fourth-order valence-corrected chi connectivity index (χ4v) is 5.91. The third kappa shape index (κ3) is 6.05. The van der Waals surface area contributed by atoms with Crippen molar-refractivity contribution < 1.29 is 27.4 Å². The van der Waals surface area contributed by atoms with Gasteiger partial charge in [0.2, 0.25) is 5.91 Å². The SMILES string of the molecule is CCOc1ccc(N(CC(=O)NC2CC(C)(C)Oc3cc(OC)ccc32)S(=O)(=O)c2ccc(C)cc2)cc1. The van der Waals surface area contributed by atoms with Gasteiger partial charge in [-0.05, 0) is 76.2 Å². The van der Waals surface area contributed by atoms with Crippen LogP contribution in [0.1, 0.15) is 44.4 Å². The average molecular weight is 539 g/mol. The smallest absolute Gasteiger partial charge is 0.264 e. The van der Waals surface area contributed by atoms with Gasteiger partial charge in [0.15, 0.2) is 0 Å². The van der Waals surface area contributed by atoms with Crippen LogP contribution in [-0.4, -0.2) is 40.2 Å². The second-order valence-electron chi connectivity index (χ2n) is 9.84. The topological polar surface area (TPSA) is 94.2 Å². The number of fused-ring (bicyclic) bond motifs is 1. The molecule has 1 heterocycles. The van der Waals surface area contributed by atoms with E-state index in [1.807, 2.05) is 39.8 Å². The third-order valence-corrected chi connectivity index (χ3v) is 8.13. The number of methoxy groups -OCH3 is 1. The molecule has 1 aliphatic heterocycles. The zero-order valence-electron chi connectivity index (χ0n) is 22.4. The second-order valence-corrected chi connectivity index (χ2v) is 11.7. The minimum Gasteiger partial charge on any atom is -0.497 e. The minimum absolute atomic E-state index is 0.106. The van der Waals surface area contributed by atoms with Crippen LogP contribution in [0.25, 0.3) is 0 Å². The van der Waals surface area contributed by atoms with E-state index in [9.17, 15) is 13.2 Å². The molecule has 1 unspecified atom stereocenters. The van der Waals surface area contributed by atoms with Gasteiger partial charge >= 0.3 is 0 Å². The molecule has 0 saturated heterocycles. The van der Waals surface area contributed by atoms with Gasteiger partial charge in [0.05, 0.1) is 30.3 Å². The quantitative estimate of drug-likeness (QED) is 0.411. The molecule has 1 amide bonds. The number of nitrogens with zero attached hydrogens (tertiary/aromatic N) is 1. The summed E-state index contributed by atoms with van der Waals surface area (Å²) in [5.74, 6) is 1.46. The highest BCUT2D eigenvalue weighted by atomic mass is 32.2. The normalized spacial score (nSPS) is 16.1. The highest BCUT2D eigenvalue weighted by Crippen LogP contribution is 2.41. The molecule has 0 fully saturated rings. The Morgan fingerprint density at radius 3 is 2.34 bits per heavy atom. The first-order chi connectivity index (χ1) is 18.0. The molecule has 38 heavy (non-hydrogen) atoms.